The number of fused-ring (bicyclic) bond motifs is 1. The highest BCUT2D eigenvalue weighted by molar-refractivity contribution is 7.20. The molecule has 0 radical (unpaired) electrons. The molecule has 3 aromatic rings. The van der Waals surface area contributed by atoms with Crippen molar-refractivity contribution in [2.24, 2.45) is 0 Å². The van der Waals surface area contributed by atoms with Gasteiger partial charge in [-0.05, 0) is 31.5 Å². The smallest absolute Gasteiger partial charge is 0.348 e. The zero-order valence-corrected chi connectivity index (χ0v) is 20.2. The summed E-state index contributed by atoms with van der Waals surface area (Å²) in [4.78, 5) is 25.8. The molecule has 2 aromatic heterocycles. The van der Waals surface area contributed by atoms with Crippen LogP contribution in [0.1, 0.15) is 22.2 Å². The first kappa shape index (κ1) is 23.1. The Hall–Kier alpha value is -3.11. The van der Waals surface area contributed by atoms with Crippen molar-refractivity contribution in [3.8, 4) is 28.6 Å². The molecule has 0 spiro atoms. The monoisotopic (exact) mass is 473 g/mol. The third-order valence-electron chi connectivity index (χ3n) is 5.47. The van der Waals surface area contributed by atoms with E-state index >= 15 is 0 Å². The maximum absolute atomic E-state index is 12.6. The minimum atomic E-state index is -0.347. The fraction of sp³-hybridized carbons (Fsp3) is 0.435. The molecule has 0 atom stereocenters. The summed E-state index contributed by atoms with van der Waals surface area (Å²) >= 11 is 1.32. The summed E-state index contributed by atoms with van der Waals surface area (Å²) in [6.45, 7) is 6.64. The van der Waals surface area contributed by atoms with E-state index in [1.54, 1.807) is 28.3 Å². The van der Waals surface area contributed by atoms with Gasteiger partial charge in [-0.3, -0.25) is 0 Å². The van der Waals surface area contributed by atoms with E-state index < -0.39 is 0 Å². The van der Waals surface area contributed by atoms with Crippen molar-refractivity contribution in [1.82, 2.24) is 9.97 Å². The van der Waals surface area contributed by atoms with E-state index in [-0.39, 0.29) is 5.97 Å². The minimum Gasteiger partial charge on any atom is -0.493 e. The lowest BCUT2D eigenvalue weighted by atomic mass is 10.1. The topological polar surface area (TPSA) is 92.2 Å². The Morgan fingerprint density at radius 2 is 1.76 bits per heavy atom. The molecule has 1 aliphatic rings. The van der Waals surface area contributed by atoms with E-state index in [1.807, 2.05) is 19.1 Å². The molecule has 3 heterocycles. The number of thiophene rings is 1. The lowest BCUT2D eigenvalue weighted by Crippen LogP contribution is -2.37. The van der Waals surface area contributed by atoms with Crippen LogP contribution in [0, 0.1) is 6.92 Å². The van der Waals surface area contributed by atoms with Crippen molar-refractivity contribution >= 4 is 33.3 Å². The Morgan fingerprint density at radius 3 is 2.33 bits per heavy atom. The van der Waals surface area contributed by atoms with Crippen LogP contribution in [0.5, 0.6) is 17.2 Å². The molecule has 0 N–H and O–H groups in total. The van der Waals surface area contributed by atoms with Crippen LogP contribution in [-0.4, -0.2) is 70.2 Å². The fourth-order valence-electron chi connectivity index (χ4n) is 3.85. The number of rotatable bonds is 7. The Morgan fingerprint density at radius 1 is 1.09 bits per heavy atom. The quantitative estimate of drug-likeness (QED) is 0.476. The molecule has 176 valence electrons. The number of aryl methyl sites for hydroxylation is 1. The minimum absolute atomic E-state index is 0.311. The molecular formula is C23H27N3O6S. The highest BCUT2D eigenvalue weighted by Crippen LogP contribution is 2.42. The van der Waals surface area contributed by atoms with Gasteiger partial charge in [0.1, 0.15) is 15.5 Å². The predicted molar refractivity (Wildman–Crippen MR) is 126 cm³/mol. The van der Waals surface area contributed by atoms with Gasteiger partial charge in [-0.2, -0.15) is 0 Å². The van der Waals surface area contributed by atoms with Crippen LogP contribution in [0.4, 0.5) is 5.82 Å². The zero-order chi connectivity index (χ0) is 23.5. The van der Waals surface area contributed by atoms with Crippen molar-refractivity contribution in [3.63, 3.8) is 0 Å². The molecule has 9 nitrogen and oxygen atoms in total. The van der Waals surface area contributed by atoms with Gasteiger partial charge in [-0.25, -0.2) is 14.8 Å². The number of ether oxygens (including phenoxy) is 5. The molecule has 4 rings (SSSR count). The molecule has 0 saturated carbocycles. The fourth-order valence-corrected chi connectivity index (χ4v) is 4.92. The predicted octanol–water partition coefficient (Wildman–Crippen LogP) is 3.71. The standard InChI is InChI=1S/C23H27N3O6S/c1-6-32-23(27)19-13(2)17-21(26-7-9-31-10-8-26)24-20(25-22(17)33-19)14-11-15(28-3)18(30-5)16(12-14)29-4/h11-12H,6-10H2,1-5H3. The third-order valence-corrected chi connectivity index (χ3v) is 6.63. The van der Waals surface area contributed by atoms with Gasteiger partial charge in [-0.1, -0.05) is 0 Å². The molecule has 0 amide bonds. The number of anilines is 1. The van der Waals surface area contributed by atoms with E-state index in [9.17, 15) is 4.79 Å². The summed E-state index contributed by atoms with van der Waals surface area (Å²) in [6, 6.07) is 3.64. The number of nitrogens with zero attached hydrogens (tertiary/aromatic N) is 3. The lowest BCUT2D eigenvalue weighted by Gasteiger charge is -2.28. The van der Waals surface area contributed by atoms with Gasteiger partial charge in [0.05, 0.1) is 46.5 Å². The SMILES string of the molecule is CCOC(=O)c1sc2nc(-c3cc(OC)c(OC)c(OC)c3)nc(N3CCOCC3)c2c1C. The van der Waals surface area contributed by atoms with Crippen LogP contribution in [0.25, 0.3) is 21.6 Å². The zero-order valence-electron chi connectivity index (χ0n) is 19.4. The number of methoxy groups -OCH3 is 3. The van der Waals surface area contributed by atoms with Gasteiger partial charge in [0, 0.05) is 18.7 Å². The Bertz CT molecular complexity index is 1150. The van der Waals surface area contributed by atoms with Crippen LogP contribution in [0.2, 0.25) is 0 Å². The summed E-state index contributed by atoms with van der Waals surface area (Å²) in [5.74, 6) is 2.45. The lowest BCUT2D eigenvalue weighted by molar-refractivity contribution is 0.0531. The molecule has 0 bridgehead atoms. The van der Waals surface area contributed by atoms with Gasteiger partial charge in [0.2, 0.25) is 5.75 Å². The molecule has 1 aliphatic heterocycles. The summed E-state index contributed by atoms with van der Waals surface area (Å²) in [6.07, 6.45) is 0. The number of carbonyl (C=O) groups is 1. The van der Waals surface area contributed by atoms with Crippen molar-refractivity contribution in [3.05, 3.63) is 22.6 Å². The maximum Gasteiger partial charge on any atom is 0.348 e. The summed E-state index contributed by atoms with van der Waals surface area (Å²) < 4.78 is 27.3. The van der Waals surface area contributed by atoms with Crippen molar-refractivity contribution < 1.29 is 28.5 Å². The summed E-state index contributed by atoms with van der Waals surface area (Å²) in [5.41, 5.74) is 1.54. The highest BCUT2D eigenvalue weighted by Gasteiger charge is 2.26. The average Bonchev–Trinajstić information content (AvgIpc) is 3.19. The average molecular weight is 474 g/mol. The van der Waals surface area contributed by atoms with Gasteiger partial charge >= 0.3 is 5.97 Å². The van der Waals surface area contributed by atoms with Crippen molar-refractivity contribution in [2.75, 3.05) is 59.1 Å². The van der Waals surface area contributed by atoms with Crippen LogP contribution >= 0.6 is 11.3 Å². The second kappa shape index (κ2) is 9.80. The number of hydrogen-bond acceptors (Lipinski definition) is 10. The number of morpholine rings is 1. The van der Waals surface area contributed by atoms with Crippen molar-refractivity contribution in [1.29, 1.82) is 0 Å². The van der Waals surface area contributed by atoms with Gasteiger partial charge in [-0.15, -0.1) is 11.3 Å². The number of esters is 1. The van der Waals surface area contributed by atoms with Gasteiger partial charge < -0.3 is 28.6 Å². The summed E-state index contributed by atoms with van der Waals surface area (Å²) in [7, 11) is 4.70. The van der Waals surface area contributed by atoms with E-state index in [1.165, 1.54) is 11.3 Å². The second-order valence-electron chi connectivity index (χ2n) is 7.34. The molecular weight excluding hydrogens is 446 g/mol. The Kier molecular flexibility index (Phi) is 6.85. The van der Waals surface area contributed by atoms with E-state index in [0.717, 1.165) is 21.6 Å². The first-order chi connectivity index (χ1) is 16.0. The van der Waals surface area contributed by atoms with E-state index in [0.29, 0.717) is 66.4 Å². The largest absolute Gasteiger partial charge is 0.493 e. The van der Waals surface area contributed by atoms with Crippen molar-refractivity contribution in [2.45, 2.75) is 13.8 Å². The second-order valence-corrected chi connectivity index (χ2v) is 8.34. The summed E-state index contributed by atoms with van der Waals surface area (Å²) in [5, 5.41) is 0.862. The number of carbonyl (C=O) groups excluding carboxylic acids is 1. The van der Waals surface area contributed by atoms with Gasteiger partial charge in [0.25, 0.3) is 0 Å². The first-order valence-electron chi connectivity index (χ1n) is 10.6. The Balaban J connectivity index is 1.94. The molecule has 0 unspecified atom stereocenters. The Labute approximate surface area is 196 Å². The molecule has 10 heteroatoms. The van der Waals surface area contributed by atoms with Gasteiger partial charge in [0.15, 0.2) is 17.3 Å². The van der Waals surface area contributed by atoms with Crippen LogP contribution < -0.4 is 19.1 Å². The molecule has 1 saturated heterocycles. The number of aromatic nitrogens is 2. The van der Waals surface area contributed by atoms with Crippen LogP contribution in [0.15, 0.2) is 12.1 Å². The molecule has 33 heavy (non-hydrogen) atoms. The molecule has 1 fully saturated rings. The first-order valence-corrected chi connectivity index (χ1v) is 11.4. The number of benzene rings is 1. The van der Waals surface area contributed by atoms with Crippen LogP contribution in [-0.2, 0) is 9.47 Å². The number of hydrogen-bond donors (Lipinski definition) is 0. The molecule has 0 aliphatic carbocycles. The van der Waals surface area contributed by atoms with Crippen LogP contribution in [0.3, 0.4) is 0 Å². The normalized spacial score (nSPS) is 13.8. The maximum atomic E-state index is 12.6. The van der Waals surface area contributed by atoms with E-state index in [4.69, 9.17) is 33.7 Å². The highest BCUT2D eigenvalue weighted by atomic mass is 32.1. The molecule has 1 aromatic carbocycles. The van der Waals surface area contributed by atoms with E-state index in [2.05, 4.69) is 4.90 Å². The third kappa shape index (κ3) is 4.28.